The molecule has 1 unspecified atom stereocenters. The summed E-state index contributed by atoms with van der Waals surface area (Å²) in [6, 6.07) is 3.35. The number of nitrogens with two attached hydrogens (primary N) is 1. The molecule has 0 radical (unpaired) electrons. The lowest BCUT2D eigenvalue weighted by Crippen LogP contribution is -2.52. The van der Waals surface area contributed by atoms with Crippen LogP contribution in [-0.4, -0.2) is 32.2 Å². The van der Waals surface area contributed by atoms with Crippen LogP contribution >= 0.6 is 28.3 Å². The number of benzene rings is 1. The lowest BCUT2D eigenvalue weighted by atomic mass is 9.90. The van der Waals surface area contributed by atoms with Gasteiger partial charge in [0, 0.05) is 17.6 Å². The first-order chi connectivity index (χ1) is 10.3. The Labute approximate surface area is 152 Å². The number of carbonyl (C=O) groups excluding carboxylic acids is 1. The third kappa shape index (κ3) is 5.86. The Balaban J connectivity index is 0.00000484. The second-order valence-electron chi connectivity index (χ2n) is 6.01. The molecule has 1 amide bonds. The molecule has 7 heteroatoms. The number of ether oxygens (including phenoxy) is 2. The Hall–Kier alpha value is -0.980. The Morgan fingerprint density at radius 2 is 1.78 bits per heavy atom. The first-order valence-corrected chi connectivity index (χ1v) is 7.99. The van der Waals surface area contributed by atoms with E-state index in [1.807, 2.05) is 6.92 Å². The van der Waals surface area contributed by atoms with Gasteiger partial charge in [-0.05, 0) is 47.3 Å². The first-order valence-electron chi connectivity index (χ1n) is 7.20. The summed E-state index contributed by atoms with van der Waals surface area (Å²) < 4.78 is 11.2. The number of nitrogens with one attached hydrogen (secondary N) is 1. The van der Waals surface area contributed by atoms with E-state index in [0.717, 1.165) is 6.42 Å². The monoisotopic (exact) mass is 408 g/mol. The summed E-state index contributed by atoms with van der Waals surface area (Å²) in [5.74, 6) is 1.33. The molecule has 0 heterocycles. The van der Waals surface area contributed by atoms with Gasteiger partial charge in [-0.3, -0.25) is 4.79 Å². The zero-order valence-electron chi connectivity index (χ0n) is 14.2. The van der Waals surface area contributed by atoms with E-state index in [4.69, 9.17) is 15.2 Å². The fourth-order valence-electron chi connectivity index (χ4n) is 2.43. The molecular weight excluding hydrogens is 384 g/mol. The second kappa shape index (κ2) is 9.35. The van der Waals surface area contributed by atoms with E-state index in [0.29, 0.717) is 34.0 Å². The number of carbonyl (C=O) groups is 1. The molecule has 0 aromatic heterocycles. The van der Waals surface area contributed by atoms with Gasteiger partial charge in [0.25, 0.3) is 5.91 Å². The predicted molar refractivity (Wildman–Crippen MR) is 98.9 cm³/mol. The van der Waals surface area contributed by atoms with Gasteiger partial charge in [0.15, 0.2) is 0 Å². The van der Waals surface area contributed by atoms with Crippen LogP contribution in [0.2, 0.25) is 0 Å². The SMILES string of the molecule is COc1cc(C(=O)NC(C)(CN)CC(C)C)cc(OC)c1Br.Cl. The summed E-state index contributed by atoms with van der Waals surface area (Å²) in [5, 5.41) is 3.02. The minimum atomic E-state index is -0.446. The van der Waals surface area contributed by atoms with Crippen molar-refractivity contribution in [1.82, 2.24) is 5.32 Å². The van der Waals surface area contributed by atoms with Crippen molar-refractivity contribution in [2.75, 3.05) is 20.8 Å². The van der Waals surface area contributed by atoms with Crippen molar-refractivity contribution < 1.29 is 14.3 Å². The number of amides is 1. The summed E-state index contributed by atoms with van der Waals surface area (Å²) in [5.41, 5.74) is 5.87. The molecule has 132 valence electrons. The summed E-state index contributed by atoms with van der Waals surface area (Å²) in [6.07, 6.45) is 0.806. The highest BCUT2D eigenvalue weighted by atomic mass is 79.9. The molecule has 1 atom stereocenters. The quantitative estimate of drug-likeness (QED) is 0.724. The Bertz CT molecular complexity index is 515. The van der Waals surface area contributed by atoms with Crippen LogP contribution in [0.1, 0.15) is 37.6 Å². The third-order valence-corrected chi connectivity index (χ3v) is 4.21. The normalized spacial score (nSPS) is 13.0. The van der Waals surface area contributed by atoms with E-state index in [-0.39, 0.29) is 18.3 Å². The number of hydrogen-bond donors (Lipinski definition) is 2. The van der Waals surface area contributed by atoms with Crippen LogP contribution in [0.5, 0.6) is 11.5 Å². The van der Waals surface area contributed by atoms with Crippen molar-refractivity contribution in [1.29, 1.82) is 0 Å². The maximum atomic E-state index is 12.6. The molecule has 0 aliphatic heterocycles. The molecule has 3 N–H and O–H groups in total. The summed E-state index contributed by atoms with van der Waals surface area (Å²) in [7, 11) is 3.09. The number of rotatable bonds is 7. The van der Waals surface area contributed by atoms with Crippen molar-refractivity contribution in [3.05, 3.63) is 22.2 Å². The summed E-state index contributed by atoms with van der Waals surface area (Å²) >= 11 is 3.39. The zero-order chi connectivity index (χ0) is 16.9. The van der Waals surface area contributed by atoms with Gasteiger partial charge in [0.1, 0.15) is 16.0 Å². The van der Waals surface area contributed by atoms with Crippen molar-refractivity contribution in [3.63, 3.8) is 0 Å². The molecule has 0 saturated carbocycles. The molecule has 1 aromatic rings. The molecule has 1 rings (SSSR count). The summed E-state index contributed by atoms with van der Waals surface area (Å²) in [6.45, 7) is 6.54. The fourth-order valence-corrected chi connectivity index (χ4v) is 2.99. The lowest BCUT2D eigenvalue weighted by Gasteiger charge is -2.31. The smallest absolute Gasteiger partial charge is 0.252 e. The average Bonchev–Trinajstić information content (AvgIpc) is 2.46. The van der Waals surface area contributed by atoms with Crippen molar-refractivity contribution in [3.8, 4) is 11.5 Å². The van der Waals surface area contributed by atoms with Crippen LogP contribution in [0.3, 0.4) is 0 Å². The maximum absolute atomic E-state index is 12.6. The van der Waals surface area contributed by atoms with Gasteiger partial charge in [0.2, 0.25) is 0 Å². The molecule has 0 aliphatic rings. The predicted octanol–water partition coefficient (Wildman–Crippen LogP) is 3.38. The van der Waals surface area contributed by atoms with Crippen molar-refractivity contribution in [2.45, 2.75) is 32.7 Å². The molecule has 1 aromatic carbocycles. The van der Waals surface area contributed by atoms with Gasteiger partial charge in [-0.25, -0.2) is 0 Å². The highest BCUT2D eigenvalue weighted by Crippen LogP contribution is 2.35. The fraction of sp³-hybridized carbons (Fsp3) is 0.562. The zero-order valence-corrected chi connectivity index (χ0v) is 16.6. The Morgan fingerprint density at radius 3 is 2.13 bits per heavy atom. The van der Waals surface area contributed by atoms with Gasteiger partial charge >= 0.3 is 0 Å². The van der Waals surface area contributed by atoms with Gasteiger partial charge in [-0.15, -0.1) is 12.4 Å². The molecule has 23 heavy (non-hydrogen) atoms. The topological polar surface area (TPSA) is 73.6 Å². The van der Waals surface area contributed by atoms with Crippen molar-refractivity contribution in [2.24, 2.45) is 11.7 Å². The third-order valence-electron chi connectivity index (χ3n) is 3.43. The number of halogens is 2. The lowest BCUT2D eigenvalue weighted by molar-refractivity contribution is 0.0897. The van der Waals surface area contributed by atoms with E-state index >= 15 is 0 Å². The van der Waals surface area contributed by atoms with E-state index in [1.54, 1.807) is 26.4 Å². The largest absolute Gasteiger partial charge is 0.495 e. The second-order valence-corrected chi connectivity index (χ2v) is 6.80. The average molecular weight is 410 g/mol. The summed E-state index contributed by atoms with van der Waals surface area (Å²) in [4.78, 5) is 12.6. The minimum absolute atomic E-state index is 0. The maximum Gasteiger partial charge on any atom is 0.252 e. The van der Waals surface area contributed by atoms with Crippen LogP contribution in [0.4, 0.5) is 0 Å². The Kier molecular flexibility index (Phi) is 8.95. The van der Waals surface area contributed by atoms with Crippen molar-refractivity contribution >= 4 is 34.2 Å². The van der Waals surface area contributed by atoms with Gasteiger partial charge < -0.3 is 20.5 Å². The van der Waals surface area contributed by atoms with E-state index in [2.05, 4.69) is 35.1 Å². The highest BCUT2D eigenvalue weighted by molar-refractivity contribution is 9.10. The molecule has 0 aliphatic carbocycles. The first kappa shape index (κ1) is 22.0. The molecule has 0 spiro atoms. The molecule has 0 fully saturated rings. The van der Waals surface area contributed by atoms with Gasteiger partial charge in [-0.1, -0.05) is 13.8 Å². The van der Waals surface area contributed by atoms with Gasteiger partial charge in [-0.2, -0.15) is 0 Å². The van der Waals surface area contributed by atoms with Crippen LogP contribution in [0, 0.1) is 5.92 Å². The van der Waals surface area contributed by atoms with E-state index in [1.165, 1.54) is 0 Å². The van der Waals surface area contributed by atoms with E-state index < -0.39 is 5.54 Å². The van der Waals surface area contributed by atoms with E-state index in [9.17, 15) is 4.79 Å². The van der Waals surface area contributed by atoms with Crippen LogP contribution in [0.15, 0.2) is 16.6 Å². The number of hydrogen-bond acceptors (Lipinski definition) is 4. The molecule has 0 saturated heterocycles. The highest BCUT2D eigenvalue weighted by Gasteiger charge is 2.27. The van der Waals surface area contributed by atoms with Gasteiger partial charge in [0.05, 0.1) is 14.2 Å². The standard InChI is InChI=1S/C16H25BrN2O3.ClH/c1-10(2)8-16(3,9-18)19-15(20)11-6-12(21-4)14(17)13(7-11)22-5;/h6-7,10H,8-9,18H2,1-5H3,(H,19,20);1H. The molecular formula is C16H26BrClN2O3. The molecule has 0 bridgehead atoms. The van der Waals surface area contributed by atoms with Crippen LogP contribution in [-0.2, 0) is 0 Å². The van der Waals surface area contributed by atoms with Crippen LogP contribution < -0.4 is 20.5 Å². The van der Waals surface area contributed by atoms with Crippen LogP contribution in [0.25, 0.3) is 0 Å². The minimum Gasteiger partial charge on any atom is -0.495 e. The molecule has 5 nitrogen and oxygen atoms in total. The number of methoxy groups -OCH3 is 2. The Morgan fingerprint density at radius 1 is 1.30 bits per heavy atom.